The number of nitrogens with zero attached hydrogens (tertiary/aromatic N) is 2. The summed E-state index contributed by atoms with van der Waals surface area (Å²) in [6.45, 7) is 9.43. The molecule has 0 spiro atoms. The van der Waals surface area contributed by atoms with Crippen LogP contribution in [0, 0.1) is 28.4 Å². The number of rotatable bonds is 10. The van der Waals surface area contributed by atoms with Gasteiger partial charge in [0.15, 0.2) is 0 Å². The van der Waals surface area contributed by atoms with Crippen LogP contribution in [0.3, 0.4) is 0 Å². The molecule has 1 amide bonds. The van der Waals surface area contributed by atoms with E-state index in [0.29, 0.717) is 26.2 Å². The zero-order chi connectivity index (χ0) is 36.2. The number of nitriles is 1. The van der Waals surface area contributed by atoms with Gasteiger partial charge < -0.3 is 24.8 Å². The highest BCUT2D eigenvalue weighted by Gasteiger charge is 2.61. The summed E-state index contributed by atoms with van der Waals surface area (Å²) in [6.07, 6.45) is 0.316. The molecule has 2 aliphatic rings. The maximum atomic E-state index is 16.0. The molecule has 5 rings (SSSR count). The van der Waals surface area contributed by atoms with Crippen LogP contribution >= 0.6 is 23.2 Å². The zero-order valence-electron chi connectivity index (χ0n) is 28.3. The number of methoxy groups -OCH3 is 1. The summed E-state index contributed by atoms with van der Waals surface area (Å²) in [5.74, 6) is -3.86. The van der Waals surface area contributed by atoms with E-state index in [-0.39, 0.29) is 44.8 Å². The molecular formula is C37H40Cl2F2N4O5. The number of morpholine rings is 1. The lowest BCUT2D eigenvalue weighted by Gasteiger charge is -2.37. The molecule has 13 heteroatoms. The molecule has 2 heterocycles. The second kappa shape index (κ2) is 15.6. The van der Waals surface area contributed by atoms with E-state index in [2.05, 4.69) is 21.6 Å². The molecule has 3 aromatic rings. The Labute approximate surface area is 300 Å². The number of ether oxygens (including phenoxy) is 3. The van der Waals surface area contributed by atoms with Crippen molar-refractivity contribution in [2.45, 2.75) is 50.6 Å². The van der Waals surface area contributed by atoms with Crippen LogP contribution in [0.2, 0.25) is 10.0 Å². The molecule has 2 fully saturated rings. The Balaban J connectivity index is 1.50. The second-order valence-corrected chi connectivity index (χ2v) is 14.5. The summed E-state index contributed by atoms with van der Waals surface area (Å²) in [6, 6.07) is 13.0. The minimum atomic E-state index is -1.78. The first-order valence-electron chi connectivity index (χ1n) is 16.3. The quantitative estimate of drug-likeness (QED) is 0.221. The van der Waals surface area contributed by atoms with Crippen LogP contribution in [0.4, 0.5) is 14.5 Å². The van der Waals surface area contributed by atoms with Gasteiger partial charge in [-0.05, 0) is 53.8 Å². The number of halogens is 4. The maximum absolute atomic E-state index is 16.0. The number of nitrogens with one attached hydrogen (secondary N) is 2. The summed E-state index contributed by atoms with van der Waals surface area (Å²) < 4.78 is 48.3. The van der Waals surface area contributed by atoms with Crippen LogP contribution in [-0.2, 0) is 19.7 Å². The Hall–Kier alpha value is -3.79. The van der Waals surface area contributed by atoms with Gasteiger partial charge in [-0.25, -0.2) is 13.6 Å². The van der Waals surface area contributed by atoms with E-state index in [0.717, 1.165) is 19.2 Å². The smallest absolute Gasteiger partial charge is 0.338 e. The summed E-state index contributed by atoms with van der Waals surface area (Å²) >= 11 is 12.4. The first-order valence-corrected chi connectivity index (χ1v) is 17.1. The average Bonchev–Trinajstić information content (AvgIpc) is 3.39. The van der Waals surface area contributed by atoms with Crippen molar-refractivity contribution in [3.8, 4) is 11.8 Å². The summed E-state index contributed by atoms with van der Waals surface area (Å²) in [4.78, 5) is 29.3. The van der Waals surface area contributed by atoms with Crippen LogP contribution in [-0.4, -0.2) is 75.4 Å². The predicted molar refractivity (Wildman–Crippen MR) is 187 cm³/mol. The summed E-state index contributed by atoms with van der Waals surface area (Å²) in [5.41, 5.74) is -1.81. The normalized spacial score (nSPS) is 22.5. The number of amides is 1. The van der Waals surface area contributed by atoms with E-state index >= 15 is 8.78 Å². The molecule has 0 bridgehead atoms. The number of hydrogen-bond acceptors (Lipinski definition) is 8. The second-order valence-electron chi connectivity index (χ2n) is 13.7. The lowest BCUT2D eigenvalue weighted by atomic mass is 9.62. The third-order valence-corrected chi connectivity index (χ3v) is 9.70. The van der Waals surface area contributed by atoms with Gasteiger partial charge in [-0.2, -0.15) is 5.26 Å². The molecule has 2 aliphatic heterocycles. The van der Waals surface area contributed by atoms with Crippen LogP contribution < -0.4 is 15.4 Å². The number of anilines is 1. The Morgan fingerprint density at radius 1 is 1.12 bits per heavy atom. The summed E-state index contributed by atoms with van der Waals surface area (Å²) in [5, 5.41) is 17.1. The molecule has 0 radical (unpaired) electrons. The SMILES string of the molecule is COc1cc(C(=O)OCCN2CCOCC2)ccc1NC(=O)[C@@H]1N[C@@H](CC(C)(C)C)[C@](C#N)(c2ccc(Cl)cc2F)[C@H]1c1cccc(Cl)c1F. The lowest BCUT2D eigenvalue weighted by Crippen LogP contribution is -2.45. The highest BCUT2D eigenvalue weighted by molar-refractivity contribution is 6.31. The number of esters is 1. The molecular weight excluding hydrogens is 689 g/mol. The standard InChI is InChI=1S/C37H40Cl2F2N4O5/c1-36(2,3)20-30-37(21-42,25-10-9-23(38)19-27(25)40)31(24-6-5-7-26(39)32(24)41)33(44-30)34(46)43-28-11-8-22(18-29(28)48-4)35(47)50-17-14-45-12-15-49-16-13-45/h5-11,18-19,30-31,33,44H,12-17,20H2,1-4H3,(H,43,46)/t30-,31-,33+,37-/m0/s1. The minimum Gasteiger partial charge on any atom is -0.495 e. The van der Waals surface area contributed by atoms with Crippen molar-refractivity contribution in [1.29, 1.82) is 5.26 Å². The minimum absolute atomic E-state index is 0.0279. The molecule has 9 nitrogen and oxygen atoms in total. The Bertz CT molecular complexity index is 1780. The third kappa shape index (κ3) is 7.90. The van der Waals surface area contributed by atoms with E-state index < -0.39 is 52.3 Å². The Morgan fingerprint density at radius 3 is 2.52 bits per heavy atom. The van der Waals surface area contributed by atoms with Crippen LogP contribution in [0.25, 0.3) is 0 Å². The fourth-order valence-corrected chi connectivity index (χ4v) is 7.20. The van der Waals surface area contributed by atoms with Crippen molar-refractivity contribution in [2.24, 2.45) is 5.41 Å². The van der Waals surface area contributed by atoms with Crippen molar-refractivity contribution in [2.75, 3.05) is 51.9 Å². The zero-order valence-corrected chi connectivity index (χ0v) is 29.8. The van der Waals surface area contributed by atoms with Crippen molar-refractivity contribution < 1.29 is 32.6 Å². The van der Waals surface area contributed by atoms with Gasteiger partial charge in [0.2, 0.25) is 5.91 Å². The van der Waals surface area contributed by atoms with Gasteiger partial charge in [0.05, 0.1) is 48.7 Å². The van der Waals surface area contributed by atoms with Gasteiger partial charge in [-0.1, -0.05) is 62.2 Å². The van der Waals surface area contributed by atoms with E-state index in [1.165, 1.54) is 55.6 Å². The highest BCUT2D eigenvalue weighted by Crippen LogP contribution is 2.53. The molecule has 4 atom stereocenters. The molecule has 2 saturated heterocycles. The van der Waals surface area contributed by atoms with Gasteiger partial charge in [0, 0.05) is 42.2 Å². The number of hydrogen-bond donors (Lipinski definition) is 2. The van der Waals surface area contributed by atoms with E-state index in [1.807, 2.05) is 20.8 Å². The molecule has 3 aromatic carbocycles. The average molecular weight is 730 g/mol. The fraction of sp³-hybridized carbons (Fsp3) is 0.432. The molecule has 2 N–H and O–H groups in total. The van der Waals surface area contributed by atoms with Crippen LogP contribution in [0.15, 0.2) is 54.6 Å². The number of carbonyl (C=O) groups excluding carboxylic acids is 2. The monoisotopic (exact) mass is 728 g/mol. The first kappa shape index (κ1) is 37.5. The molecule has 0 unspecified atom stereocenters. The van der Waals surface area contributed by atoms with Gasteiger partial charge in [0.25, 0.3) is 0 Å². The third-order valence-electron chi connectivity index (χ3n) is 9.17. The Kier molecular flexibility index (Phi) is 11.7. The number of carbonyl (C=O) groups is 2. The maximum Gasteiger partial charge on any atom is 0.338 e. The van der Waals surface area contributed by atoms with E-state index in [1.54, 1.807) is 0 Å². The van der Waals surface area contributed by atoms with Gasteiger partial charge >= 0.3 is 5.97 Å². The van der Waals surface area contributed by atoms with Crippen LogP contribution in [0.1, 0.15) is 54.6 Å². The molecule has 0 aromatic heterocycles. The molecule has 0 saturated carbocycles. The fourth-order valence-electron chi connectivity index (χ4n) is 6.86. The first-order chi connectivity index (χ1) is 23.8. The largest absolute Gasteiger partial charge is 0.495 e. The van der Waals surface area contributed by atoms with Crippen molar-refractivity contribution in [3.05, 3.63) is 93.0 Å². The van der Waals surface area contributed by atoms with E-state index in [4.69, 9.17) is 37.4 Å². The van der Waals surface area contributed by atoms with Crippen molar-refractivity contribution in [1.82, 2.24) is 10.2 Å². The lowest BCUT2D eigenvalue weighted by molar-refractivity contribution is -0.118. The van der Waals surface area contributed by atoms with Gasteiger partial charge in [-0.3, -0.25) is 9.69 Å². The molecule has 266 valence electrons. The van der Waals surface area contributed by atoms with Crippen LogP contribution in [0.5, 0.6) is 5.75 Å². The molecule has 50 heavy (non-hydrogen) atoms. The topological polar surface area (TPSA) is 113 Å². The summed E-state index contributed by atoms with van der Waals surface area (Å²) in [7, 11) is 1.39. The highest BCUT2D eigenvalue weighted by atomic mass is 35.5. The van der Waals surface area contributed by atoms with Gasteiger partial charge in [-0.15, -0.1) is 0 Å². The van der Waals surface area contributed by atoms with E-state index in [9.17, 15) is 14.9 Å². The predicted octanol–water partition coefficient (Wildman–Crippen LogP) is 6.73. The van der Waals surface area contributed by atoms with Crippen molar-refractivity contribution in [3.63, 3.8) is 0 Å². The van der Waals surface area contributed by atoms with Crippen molar-refractivity contribution >= 4 is 40.8 Å². The van der Waals surface area contributed by atoms with Gasteiger partial charge in [0.1, 0.15) is 29.4 Å². The molecule has 0 aliphatic carbocycles. The Morgan fingerprint density at radius 2 is 1.86 bits per heavy atom. The number of benzene rings is 3.